The van der Waals surface area contributed by atoms with E-state index >= 15 is 0 Å². The molecule has 5 unspecified atom stereocenters. The standard InChI is InChI=1S/C38H64/c1-3-11-27(12-4-1)29-19-23-31(24-20-29)37-33-15-7-9-17-35(33)38(36-18-10-8-16-34(36)37)32-25-21-30(22-26-32)28-13-5-2-6-14-28/h27-38H,1-26H2/t29?,30?,31?,32?,33-,34?,35?,36?,37?,38?/m1/s1. The van der Waals surface area contributed by atoms with Gasteiger partial charge in [0.1, 0.15) is 0 Å². The Labute approximate surface area is 237 Å². The van der Waals surface area contributed by atoms with Gasteiger partial charge in [-0.15, -0.1) is 0 Å². The van der Waals surface area contributed by atoms with Gasteiger partial charge in [0.25, 0.3) is 0 Å². The van der Waals surface area contributed by atoms with Gasteiger partial charge >= 0.3 is 0 Å². The molecule has 0 nitrogen and oxygen atoms in total. The summed E-state index contributed by atoms with van der Waals surface area (Å²) in [4.78, 5) is 0. The summed E-state index contributed by atoms with van der Waals surface area (Å²) in [6.45, 7) is 0. The first kappa shape index (κ1) is 26.9. The van der Waals surface area contributed by atoms with E-state index in [4.69, 9.17) is 0 Å². The highest BCUT2D eigenvalue weighted by atomic mass is 14.6. The zero-order chi connectivity index (χ0) is 25.3. The molecule has 7 aliphatic carbocycles. The lowest BCUT2D eigenvalue weighted by atomic mass is 9.45. The highest BCUT2D eigenvalue weighted by molar-refractivity contribution is 5.04. The molecular weight excluding hydrogens is 456 g/mol. The molecule has 6 atom stereocenters. The average Bonchev–Trinajstić information content (AvgIpc) is 3.01. The van der Waals surface area contributed by atoms with Gasteiger partial charge in [-0.05, 0) is 148 Å². The van der Waals surface area contributed by atoms with E-state index in [0.29, 0.717) is 0 Å². The van der Waals surface area contributed by atoms with E-state index in [1.807, 2.05) is 0 Å². The first-order valence-corrected chi connectivity index (χ1v) is 18.9. The monoisotopic (exact) mass is 521 g/mol. The summed E-state index contributed by atoms with van der Waals surface area (Å²) in [7, 11) is 0. The normalized spacial score (nSPS) is 47.7. The molecule has 0 saturated heterocycles. The van der Waals surface area contributed by atoms with Crippen LogP contribution >= 0.6 is 0 Å². The van der Waals surface area contributed by atoms with Crippen LogP contribution in [-0.4, -0.2) is 0 Å². The first-order valence-electron chi connectivity index (χ1n) is 18.9. The van der Waals surface area contributed by atoms with Crippen LogP contribution < -0.4 is 0 Å². The zero-order valence-electron chi connectivity index (χ0n) is 25.3. The van der Waals surface area contributed by atoms with Crippen molar-refractivity contribution in [2.75, 3.05) is 0 Å². The van der Waals surface area contributed by atoms with Crippen LogP contribution in [0.5, 0.6) is 0 Å². The quantitative estimate of drug-likeness (QED) is 0.346. The Hall–Kier alpha value is 0. The third-order valence-corrected chi connectivity index (χ3v) is 15.1. The molecule has 0 amide bonds. The number of fused-ring (bicyclic) bond motifs is 2. The predicted molar refractivity (Wildman–Crippen MR) is 162 cm³/mol. The van der Waals surface area contributed by atoms with Gasteiger partial charge < -0.3 is 0 Å². The van der Waals surface area contributed by atoms with Crippen LogP contribution in [0.25, 0.3) is 0 Å². The summed E-state index contributed by atoms with van der Waals surface area (Å²) < 4.78 is 0. The fraction of sp³-hybridized carbons (Fsp3) is 1.00. The van der Waals surface area contributed by atoms with Crippen LogP contribution in [0.15, 0.2) is 0 Å². The topological polar surface area (TPSA) is 0 Å². The van der Waals surface area contributed by atoms with Crippen molar-refractivity contribution in [1.82, 2.24) is 0 Å². The third-order valence-electron chi connectivity index (χ3n) is 15.1. The van der Waals surface area contributed by atoms with E-state index in [9.17, 15) is 0 Å². The van der Waals surface area contributed by atoms with Gasteiger partial charge in [0.2, 0.25) is 0 Å². The molecule has 38 heavy (non-hydrogen) atoms. The molecule has 7 rings (SSSR count). The SMILES string of the molecule is C1CCC(C2CCC(C3C4CCCCC4C(C4CCC(C5CCCCC5)CC4)[C@@H]4CCCCC34)CC2)CC1. The molecule has 7 fully saturated rings. The Morgan fingerprint density at radius 3 is 0.737 bits per heavy atom. The van der Waals surface area contributed by atoms with Gasteiger partial charge in [0.05, 0.1) is 0 Å². The van der Waals surface area contributed by atoms with Gasteiger partial charge in [-0.1, -0.05) is 89.9 Å². The minimum Gasteiger partial charge on any atom is -0.0533 e. The molecule has 0 N–H and O–H groups in total. The molecule has 216 valence electrons. The molecule has 0 heteroatoms. The lowest BCUT2D eigenvalue weighted by molar-refractivity contribution is -0.116. The highest BCUT2D eigenvalue weighted by Gasteiger charge is 2.55. The molecular formula is C38H64. The third kappa shape index (κ3) is 5.44. The molecule has 0 aliphatic heterocycles. The van der Waals surface area contributed by atoms with Crippen molar-refractivity contribution >= 4 is 0 Å². The lowest BCUT2D eigenvalue weighted by Crippen LogP contribution is -2.53. The summed E-state index contributed by atoms with van der Waals surface area (Å²) in [5.41, 5.74) is 0. The summed E-state index contributed by atoms with van der Waals surface area (Å²) in [5, 5.41) is 0. The molecule has 7 aliphatic rings. The van der Waals surface area contributed by atoms with E-state index in [-0.39, 0.29) is 0 Å². The van der Waals surface area contributed by atoms with Crippen molar-refractivity contribution < 1.29 is 0 Å². The van der Waals surface area contributed by atoms with E-state index in [2.05, 4.69) is 0 Å². The highest BCUT2D eigenvalue weighted by Crippen LogP contribution is 2.63. The summed E-state index contributed by atoms with van der Waals surface area (Å²) in [5.74, 6) is 13.6. The van der Waals surface area contributed by atoms with Gasteiger partial charge in [0.15, 0.2) is 0 Å². The van der Waals surface area contributed by atoms with Gasteiger partial charge in [0, 0.05) is 0 Å². The number of rotatable bonds is 4. The molecule has 0 aromatic rings. The van der Waals surface area contributed by atoms with E-state index < -0.39 is 0 Å². The molecule has 0 spiro atoms. The minimum atomic E-state index is 1.12. The predicted octanol–water partition coefficient (Wildman–Crippen LogP) is 11.6. The van der Waals surface area contributed by atoms with Crippen LogP contribution in [0.4, 0.5) is 0 Å². The van der Waals surface area contributed by atoms with Gasteiger partial charge in [-0.3, -0.25) is 0 Å². The summed E-state index contributed by atoms with van der Waals surface area (Å²) >= 11 is 0. The van der Waals surface area contributed by atoms with E-state index in [1.165, 1.54) is 12.8 Å². The largest absolute Gasteiger partial charge is 0.0533 e. The Balaban J connectivity index is 1.05. The van der Waals surface area contributed by atoms with Gasteiger partial charge in [-0.2, -0.15) is 0 Å². The molecule has 0 aromatic carbocycles. The molecule has 0 heterocycles. The van der Waals surface area contributed by atoms with E-state index in [1.54, 1.807) is 154 Å². The second kappa shape index (κ2) is 12.5. The van der Waals surface area contributed by atoms with Crippen LogP contribution in [0.2, 0.25) is 0 Å². The fourth-order valence-corrected chi connectivity index (χ4v) is 13.5. The second-order valence-electron chi connectivity index (χ2n) is 16.5. The molecule has 0 radical (unpaired) electrons. The minimum absolute atomic E-state index is 1.12. The first-order chi connectivity index (χ1) is 18.9. The lowest BCUT2D eigenvalue weighted by Gasteiger charge is -2.60. The summed E-state index contributed by atoms with van der Waals surface area (Å²) in [6.07, 6.45) is 41.4. The fourth-order valence-electron chi connectivity index (χ4n) is 13.5. The second-order valence-corrected chi connectivity index (χ2v) is 16.5. The van der Waals surface area contributed by atoms with Crippen LogP contribution in [0.1, 0.15) is 167 Å². The van der Waals surface area contributed by atoms with Crippen molar-refractivity contribution in [1.29, 1.82) is 0 Å². The average molecular weight is 521 g/mol. The molecule has 7 saturated carbocycles. The Bertz CT molecular complexity index is 624. The van der Waals surface area contributed by atoms with Crippen LogP contribution in [0, 0.1) is 71.0 Å². The van der Waals surface area contributed by atoms with Gasteiger partial charge in [-0.25, -0.2) is 0 Å². The number of hydrogen-bond donors (Lipinski definition) is 0. The molecule has 0 bridgehead atoms. The van der Waals surface area contributed by atoms with Crippen molar-refractivity contribution in [3.05, 3.63) is 0 Å². The van der Waals surface area contributed by atoms with Crippen LogP contribution in [-0.2, 0) is 0 Å². The van der Waals surface area contributed by atoms with Crippen LogP contribution in [0.3, 0.4) is 0 Å². The maximum Gasteiger partial charge on any atom is -0.0323 e. The van der Waals surface area contributed by atoms with Crippen molar-refractivity contribution in [3.63, 3.8) is 0 Å². The Morgan fingerprint density at radius 2 is 0.421 bits per heavy atom. The van der Waals surface area contributed by atoms with Crippen molar-refractivity contribution in [2.45, 2.75) is 167 Å². The Morgan fingerprint density at radius 1 is 0.184 bits per heavy atom. The maximum absolute atomic E-state index is 1.63. The van der Waals surface area contributed by atoms with Crippen molar-refractivity contribution in [3.8, 4) is 0 Å². The zero-order valence-corrected chi connectivity index (χ0v) is 25.3. The van der Waals surface area contributed by atoms with E-state index in [0.717, 1.165) is 71.0 Å². The summed E-state index contributed by atoms with van der Waals surface area (Å²) in [6, 6.07) is 0. The molecule has 0 aromatic heterocycles. The van der Waals surface area contributed by atoms with Crippen molar-refractivity contribution in [2.24, 2.45) is 71.0 Å². The number of hydrogen-bond acceptors (Lipinski definition) is 0. The smallest absolute Gasteiger partial charge is 0.0323 e. The maximum atomic E-state index is 1.63. The Kier molecular flexibility index (Phi) is 8.82.